The van der Waals surface area contributed by atoms with Crippen molar-refractivity contribution in [3.8, 4) is 0 Å². The summed E-state index contributed by atoms with van der Waals surface area (Å²) < 4.78 is 0. The molecule has 1 aliphatic carbocycles. The van der Waals surface area contributed by atoms with Gasteiger partial charge < -0.3 is 11.1 Å². The van der Waals surface area contributed by atoms with Gasteiger partial charge in [0, 0.05) is 0 Å². The van der Waals surface area contributed by atoms with Gasteiger partial charge in [0.25, 0.3) is 0 Å². The predicted molar refractivity (Wildman–Crippen MR) is 50.7 cm³/mol. The van der Waals surface area contributed by atoms with Crippen LogP contribution in [0.25, 0.3) is 0 Å². The van der Waals surface area contributed by atoms with Gasteiger partial charge in [-0.2, -0.15) is 0 Å². The predicted octanol–water partition coefficient (Wildman–Crippen LogP) is -1.64. The quantitative estimate of drug-likeness (QED) is 0.322. The second-order valence-corrected chi connectivity index (χ2v) is 3.58. The second kappa shape index (κ2) is 4.39. The van der Waals surface area contributed by atoms with Gasteiger partial charge in [0.1, 0.15) is 5.54 Å². The van der Waals surface area contributed by atoms with Crippen LogP contribution < -0.4 is 22.3 Å². The van der Waals surface area contributed by atoms with Crippen molar-refractivity contribution < 1.29 is 9.59 Å². The zero-order valence-corrected chi connectivity index (χ0v) is 8.01. The standard InChI is InChI=1S/C8H16N4O2/c9-6(13)5-11-7(14)8(12-10)3-1-2-4-8/h12H,1-5,10H2,(H2,9,13)(H,11,14). The Morgan fingerprint density at radius 1 is 1.29 bits per heavy atom. The topological polar surface area (TPSA) is 110 Å². The Balaban J connectivity index is 2.52. The van der Waals surface area contributed by atoms with E-state index in [1.165, 1.54) is 0 Å². The van der Waals surface area contributed by atoms with Crippen LogP contribution in [0.4, 0.5) is 0 Å². The molecule has 0 aromatic heterocycles. The van der Waals surface area contributed by atoms with Crippen molar-refractivity contribution in [3.63, 3.8) is 0 Å². The van der Waals surface area contributed by atoms with Crippen LogP contribution >= 0.6 is 0 Å². The Bertz CT molecular complexity index is 235. The number of nitrogens with two attached hydrogens (primary N) is 2. The van der Waals surface area contributed by atoms with E-state index in [1.807, 2.05) is 0 Å². The van der Waals surface area contributed by atoms with E-state index in [0.29, 0.717) is 12.8 Å². The fourth-order valence-corrected chi connectivity index (χ4v) is 1.75. The van der Waals surface area contributed by atoms with Crippen molar-refractivity contribution >= 4 is 11.8 Å². The first-order valence-electron chi connectivity index (χ1n) is 4.65. The monoisotopic (exact) mass is 200 g/mol. The molecule has 0 radical (unpaired) electrons. The Labute approximate surface area is 82.4 Å². The molecule has 6 heteroatoms. The molecule has 6 N–H and O–H groups in total. The maximum Gasteiger partial charge on any atom is 0.242 e. The largest absolute Gasteiger partial charge is 0.368 e. The number of carbonyl (C=O) groups excluding carboxylic acids is 2. The van der Waals surface area contributed by atoms with E-state index in [-0.39, 0.29) is 12.5 Å². The van der Waals surface area contributed by atoms with Crippen molar-refractivity contribution in [2.24, 2.45) is 11.6 Å². The molecule has 0 spiro atoms. The lowest BCUT2D eigenvalue weighted by Gasteiger charge is -2.26. The maximum absolute atomic E-state index is 11.6. The van der Waals surface area contributed by atoms with Crippen LogP contribution in [0.5, 0.6) is 0 Å². The molecule has 6 nitrogen and oxygen atoms in total. The van der Waals surface area contributed by atoms with Gasteiger partial charge in [-0.1, -0.05) is 12.8 Å². The third-order valence-electron chi connectivity index (χ3n) is 2.59. The van der Waals surface area contributed by atoms with E-state index in [9.17, 15) is 9.59 Å². The van der Waals surface area contributed by atoms with Crippen molar-refractivity contribution in [2.45, 2.75) is 31.2 Å². The number of carbonyl (C=O) groups is 2. The first kappa shape index (κ1) is 10.9. The zero-order valence-electron chi connectivity index (χ0n) is 8.01. The molecule has 0 aliphatic heterocycles. The molecule has 80 valence electrons. The Morgan fingerprint density at radius 3 is 2.29 bits per heavy atom. The number of hydrazine groups is 1. The molecule has 1 rings (SSSR count). The molecular weight excluding hydrogens is 184 g/mol. The summed E-state index contributed by atoms with van der Waals surface area (Å²) in [6.45, 7) is -0.137. The lowest BCUT2D eigenvalue weighted by molar-refractivity contribution is -0.129. The summed E-state index contributed by atoms with van der Waals surface area (Å²) in [7, 11) is 0. The smallest absolute Gasteiger partial charge is 0.242 e. The van der Waals surface area contributed by atoms with Gasteiger partial charge in [-0.25, -0.2) is 5.43 Å². The molecule has 0 unspecified atom stereocenters. The van der Waals surface area contributed by atoms with Crippen LogP contribution in [0.15, 0.2) is 0 Å². The average Bonchev–Trinajstić information content (AvgIpc) is 2.63. The Hall–Kier alpha value is -1.14. The fraction of sp³-hybridized carbons (Fsp3) is 0.750. The second-order valence-electron chi connectivity index (χ2n) is 3.58. The molecule has 2 amide bonds. The van der Waals surface area contributed by atoms with Crippen LogP contribution in [0.2, 0.25) is 0 Å². The summed E-state index contributed by atoms with van der Waals surface area (Å²) in [6, 6.07) is 0. The SMILES string of the molecule is NNC1(C(=O)NCC(N)=O)CCCC1. The molecule has 0 heterocycles. The molecule has 14 heavy (non-hydrogen) atoms. The van der Waals surface area contributed by atoms with Gasteiger partial charge in [-0.05, 0) is 12.8 Å². The zero-order chi connectivity index (χ0) is 10.6. The molecular formula is C8H16N4O2. The lowest BCUT2D eigenvalue weighted by Crippen LogP contribution is -2.58. The molecule has 1 saturated carbocycles. The lowest BCUT2D eigenvalue weighted by atomic mass is 9.97. The van der Waals surface area contributed by atoms with Gasteiger partial charge in [-0.3, -0.25) is 15.4 Å². The van der Waals surface area contributed by atoms with Crippen LogP contribution in [-0.4, -0.2) is 23.9 Å². The minimum Gasteiger partial charge on any atom is -0.368 e. The molecule has 0 atom stereocenters. The van der Waals surface area contributed by atoms with Gasteiger partial charge in [0.2, 0.25) is 11.8 Å². The Morgan fingerprint density at radius 2 is 1.86 bits per heavy atom. The minimum absolute atomic E-state index is 0.137. The minimum atomic E-state index is -0.699. The van der Waals surface area contributed by atoms with E-state index in [1.54, 1.807) is 0 Å². The highest BCUT2D eigenvalue weighted by molar-refractivity contribution is 5.90. The van der Waals surface area contributed by atoms with Gasteiger partial charge >= 0.3 is 0 Å². The van der Waals surface area contributed by atoms with E-state index in [0.717, 1.165) is 12.8 Å². The first-order valence-corrected chi connectivity index (χ1v) is 4.65. The summed E-state index contributed by atoms with van der Waals surface area (Å²) in [5.74, 6) is 4.56. The number of amides is 2. The average molecular weight is 200 g/mol. The number of primary amides is 1. The molecule has 1 fully saturated rings. The number of rotatable bonds is 4. The van der Waals surface area contributed by atoms with Gasteiger partial charge in [0.15, 0.2) is 0 Å². The summed E-state index contributed by atoms with van der Waals surface area (Å²) >= 11 is 0. The van der Waals surface area contributed by atoms with Crippen LogP contribution in [0, 0.1) is 0 Å². The molecule has 0 aromatic rings. The van der Waals surface area contributed by atoms with Crippen LogP contribution in [-0.2, 0) is 9.59 Å². The highest BCUT2D eigenvalue weighted by Gasteiger charge is 2.39. The Kier molecular flexibility index (Phi) is 3.43. The van der Waals surface area contributed by atoms with Gasteiger partial charge in [0.05, 0.1) is 6.54 Å². The van der Waals surface area contributed by atoms with E-state index in [2.05, 4.69) is 10.7 Å². The molecule has 1 aliphatic rings. The molecule has 0 aromatic carbocycles. The van der Waals surface area contributed by atoms with E-state index >= 15 is 0 Å². The number of hydrogen-bond donors (Lipinski definition) is 4. The van der Waals surface area contributed by atoms with Crippen molar-refractivity contribution in [3.05, 3.63) is 0 Å². The van der Waals surface area contributed by atoms with E-state index in [4.69, 9.17) is 11.6 Å². The molecule has 0 saturated heterocycles. The fourth-order valence-electron chi connectivity index (χ4n) is 1.75. The third-order valence-corrected chi connectivity index (χ3v) is 2.59. The van der Waals surface area contributed by atoms with Crippen LogP contribution in [0.1, 0.15) is 25.7 Å². The highest BCUT2D eigenvalue weighted by Crippen LogP contribution is 2.28. The summed E-state index contributed by atoms with van der Waals surface area (Å²) in [6.07, 6.45) is 3.34. The maximum atomic E-state index is 11.6. The van der Waals surface area contributed by atoms with Crippen LogP contribution in [0.3, 0.4) is 0 Å². The summed E-state index contributed by atoms with van der Waals surface area (Å²) in [5.41, 5.74) is 6.76. The number of hydrogen-bond acceptors (Lipinski definition) is 4. The summed E-state index contributed by atoms with van der Waals surface area (Å²) in [5, 5.41) is 2.46. The normalized spacial score (nSPS) is 19.2. The van der Waals surface area contributed by atoms with Gasteiger partial charge in [-0.15, -0.1) is 0 Å². The summed E-state index contributed by atoms with van der Waals surface area (Å²) in [4.78, 5) is 22.1. The van der Waals surface area contributed by atoms with E-state index < -0.39 is 11.4 Å². The van der Waals surface area contributed by atoms with Crippen molar-refractivity contribution in [2.75, 3.05) is 6.54 Å². The molecule has 0 bridgehead atoms. The third kappa shape index (κ3) is 2.21. The highest BCUT2D eigenvalue weighted by atomic mass is 16.2. The van der Waals surface area contributed by atoms with Crippen molar-refractivity contribution in [1.29, 1.82) is 0 Å². The van der Waals surface area contributed by atoms with Crippen molar-refractivity contribution in [1.82, 2.24) is 10.7 Å². The first-order chi connectivity index (χ1) is 6.60. The number of nitrogens with one attached hydrogen (secondary N) is 2.